The van der Waals surface area contributed by atoms with E-state index in [2.05, 4.69) is 20.6 Å². The molecule has 6 heteroatoms. The van der Waals surface area contributed by atoms with Crippen molar-refractivity contribution in [3.05, 3.63) is 42.1 Å². The third kappa shape index (κ3) is 5.59. The maximum Gasteiger partial charge on any atom is 0.224 e. The molecule has 26 heavy (non-hydrogen) atoms. The number of rotatable bonds is 9. The second kappa shape index (κ2) is 9.97. The van der Waals surface area contributed by atoms with Crippen LogP contribution in [0.25, 0.3) is 0 Å². The number of nitrogens with one attached hydrogen (secondary N) is 2. The number of hydrogen-bond acceptors (Lipinski definition) is 6. The van der Waals surface area contributed by atoms with Crippen LogP contribution in [-0.4, -0.2) is 34.8 Å². The molecule has 1 fully saturated rings. The molecular formula is C20H28N4O2. The molecule has 0 atom stereocenters. The zero-order valence-electron chi connectivity index (χ0n) is 15.2. The van der Waals surface area contributed by atoms with Crippen LogP contribution >= 0.6 is 0 Å². The van der Waals surface area contributed by atoms with Gasteiger partial charge in [0.2, 0.25) is 5.95 Å². The first-order chi connectivity index (χ1) is 12.8. The Labute approximate surface area is 155 Å². The highest BCUT2D eigenvalue weighted by Gasteiger charge is 2.14. The second-order valence-electron chi connectivity index (χ2n) is 6.70. The zero-order chi connectivity index (χ0) is 18.0. The van der Waals surface area contributed by atoms with E-state index in [0.29, 0.717) is 36.4 Å². The lowest BCUT2D eigenvalue weighted by Crippen LogP contribution is -2.19. The summed E-state index contributed by atoms with van der Waals surface area (Å²) in [6.45, 7) is 1.94. The van der Waals surface area contributed by atoms with Gasteiger partial charge in [-0.2, -0.15) is 4.98 Å². The predicted molar refractivity (Wildman–Crippen MR) is 103 cm³/mol. The fraction of sp³-hybridized carbons (Fsp3) is 0.500. The van der Waals surface area contributed by atoms with Crippen LogP contribution in [0.1, 0.15) is 37.7 Å². The lowest BCUT2D eigenvalue weighted by atomic mass is 9.89. The molecule has 1 aliphatic rings. The van der Waals surface area contributed by atoms with Crippen molar-refractivity contribution in [3.63, 3.8) is 0 Å². The van der Waals surface area contributed by atoms with Gasteiger partial charge in [0.1, 0.15) is 18.2 Å². The Morgan fingerprint density at radius 2 is 1.88 bits per heavy atom. The summed E-state index contributed by atoms with van der Waals surface area (Å²) in [5, 5.41) is 16.1. The van der Waals surface area contributed by atoms with E-state index in [1.807, 2.05) is 30.3 Å². The van der Waals surface area contributed by atoms with Gasteiger partial charge in [0.25, 0.3) is 0 Å². The van der Waals surface area contributed by atoms with Gasteiger partial charge in [0.15, 0.2) is 0 Å². The molecule has 0 unspecified atom stereocenters. The molecular weight excluding hydrogens is 328 g/mol. The largest absolute Gasteiger partial charge is 0.492 e. The van der Waals surface area contributed by atoms with Crippen LogP contribution in [0.3, 0.4) is 0 Å². The quantitative estimate of drug-likeness (QED) is 0.597. The van der Waals surface area contributed by atoms with Crippen molar-refractivity contribution in [1.82, 2.24) is 9.97 Å². The third-order valence-electron chi connectivity index (χ3n) is 4.71. The number of anilines is 2. The highest BCUT2D eigenvalue weighted by Crippen LogP contribution is 2.24. The Kier molecular flexibility index (Phi) is 7.07. The van der Waals surface area contributed by atoms with Crippen LogP contribution < -0.4 is 15.4 Å². The number of aliphatic hydroxyl groups is 1. The molecule has 0 radical (unpaired) electrons. The minimum absolute atomic E-state index is 0.0925. The van der Waals surface area contributed by atoms with Crippen molar-refractivity contribution in [2.75, 3.05) is 30.3 Å². The Morgan fingerprint density at radius 1 is 1.08 bits per heavy atom. The van der Waals surface area contributed by atoms with Crippen molar-refractivity contribution in [2.45, 2.75) is 38.7 Å². The lowest BCUT2D eigenvalue weighted by molar-refractivity contribution is 0.281. The molecule has 0 spiro atoms. The molecule has 0 aliphatic heterocycles. The smallest absolute Gasteiger partial charge is 0.224 e. The molecule has 1 heterocycles. The Balaban J connectivity index is 1.49. The van der Waals surface area contributed by atoms with Crippen molar-refractivity contribution in [3.8, 4) is 5.75 Å². The van der Waals surface area contributed by atoms with Crippen LogP contribution in [0.5, 0.6) is 5.75 Å². The molecule has 140 valence electrons. The molecule has 3 N–H and O–H groups in total. The molecule has 0 saturated heterocycles. The summed E-state index contributed by atoms with van der Waals surface area (Å²) < 4.78 is 5.67. The second-order valence-corrected chi connectivity index (χ2v) is 6.70. The van der Waals surface area contributed by atoms with E-state index in [1.165, 1.54) is 32.1 Å². The number of nitrogens with zero attached hydrogens (tertiary/aromatic N) is 2. The lowest BCUT2D eigenvalue weighted by Gasteiger charge is -2.22. The summed E-state index contributed by atoms with van der Waals surface area (Å²) in [6.07, 6.45) is 8.25. The fourth-order valence-corrected chi connectivity index (χ4v) is 3.24. The first-order valence-electron chi connectivity index (χ1n) is 9.47. The maximum absolute atomic E-state index is 9.51. The molecule has 6 nitrogen and oxygen atoms in total. The number of benzene rings is 1. The van der Waals surface area contributed by atoms with Crippen LogP contribution in [0, 0.1) is 5.92 Å². The number of aromatic nitrogens is 2. The van der Waals surface area contributed by atoms with Crippen LogP contribution in [-0.2, 0) is 6.61 Å². The maximum atomic E-state index is 9.51. The number of para-hydroxylation sites is 1. The van der Waals surface area contributed by atoms with Gasteiger partial charge >= 0.3 is 0 Å². The van der Waals surface area contributed by atoms with Gasteiger partial charge in [-0.25, -0.2) is 4.98 Å². The molecule has 1 aromatic heterocycles. The fourth-order valence-electron chi connectivity index (χ4n) is 3.24. The van der Waals surface area contributed by atoms with E-state index >= 15 is 0 Å². The van der Waals surface area contributed by atoms with Crippen molar-refractivity contribution >= 4 is 11.8 Å². The van der Waals surface area contributed by atoms with Crippen LogP contribution in [0.4, 0.5) is 11.8 Å². The molecule has 0 bridgehead atoms. The number of hydrogen-bond donors (Lipinski definition) is 3. The Bertz CT molecular complexity index is 660. The third-order valence-corrected chi connectivity index (χ3v) is 4.71. The van der Waals surface area contributed by atoms with E-state index in [-0.39, 0.29) is 6.61 Å². The minimum atomic E-state index is -0.0925. The summed E-state index contributed by atoms with van der Waals surface area (Å²) in [5.74, 6) is 2.82. The normalized spacial score (nSPS) is 14.8. The van der Waals surface area contributed by atoms with Crippen molar-refractivity contribution < 1.29 is 9.84 Å². The van der Waals surface area contributed by atoms with Gasteiger partial charge in [0.05, 0.1) is 13.2 Å². The Morgan fingerprint density at radius 3 is 2.65 bits per heavy atom. The molecule has 1 aliphatic carbocycles. The average molecular weight is 356 g/mol. The van der Waals surface area contributed by atoms with E-state index in [9.17, 15) is 5.11 Å². The van der Waals surface area contributed by atoms with Crippen LogP contribution in [0.15, 0.2) is 36.5 Å². The first kappa shape index (κ1) is 18.5. The monoisotopic (exact) mass is 356 g/mol. The molecule has 2 aromatic rings. The average Bonchev–Trinajstić information content (AvgIpc) is 2.71. The first-order valence-corrected chi connectivity index (χ1v) is 9.47. The summed E-state index contributed by atoms with van der Waals surface area (Å²) in [7, 11) is 0. The topological polar surface area (TPSA) is 79.3 Å². The SMILES string of the molecule is OCc1cnc(NCC2CCCCC2)nc1NCCOc1ccccc1. The summed E-state index contributed by atoms with van der Waals surface area (Å²) in [6, 6.07) is 9.71. The zero-order valence-corrected chi connectivity index (χ0v) is 15.2. The van der Waals surface area contributed by atoms with Gasteiger partial charge in [-0.3, -0.25) is 0 Å². The van der Waals surface area contributed by atoms with Gasteiger partial charge < -0.3 is 20.5 Å². The summed E-state index contributed by atoms with van der Waals surface area (Å²) in [4.78, 5) is 8.84. The molecule has 3 rings (SSSR count). The van der Waals surface area contributed by atoms with E-state index in [1.54, 1.807) is 6.20 Å². The number of aliphatic hydroxyl groups excluding tert-OH is 1. The molecule has 0 amide bonds. The van der Waals surface area contributed by atoms with E-state index < -0.39 is 0 Å². The Hall–Kier alpha value is -2.34. The van der Waals surface area contributed by atoms with Gasteiger partial charge in [-0.15, -0.1) is 0 Å². The highest BCUT2D eigenvalue weighted by molar-refractivity contribution is 5.46. The standard InChI is InChI=1S/C20H28N4O2/c25-15-17-14-23-20(22-13-16-7-3-1-4-8-16)24-19(17)21-11-12-26-18-9-5-2-6-10-18/h2,5-6,9-10,14,16,25H,1,3-4,7-8,11-13,15H2,(H2,21,22,23,24). The molecule has 1 aromatic carbocycles. The van der Waals surface area contributed by atoms with Gasteiger partial charge in [-0.05, 0) is 30.9 Å². The molecule has 1 saturated carbocycles. The summed E-state index contributed by atoms with van der Waals surface area (Å²) >= 11 is 0. The van der Waals surface area contributed by atoms with Crippen LogP contribution in [0.2, 0.25) is 0 Å². The number of ether oxygens (including phenoxy) is 1. The summed E-state index contributed by atoms with van der Waals surface area (Å²) in [5.41, 5.74) is 0.688. The van der Waals surface area contributed by atoms with Crippen molar-refractivity contribution in [1.29, 1.82) is 0 Å². The predicted octanol–water partition coefficient (Wildman–Crippen LogP) is 3.45. The van der Waals surface area contributed by atoms with Gasteiger partial charge in [-0.1, -0.05) is 37.5 Å². The van der Waals surface area contributed by atoms with E-state index in [0.717, 1.165) is 12.3 Å². The van der Waals surface area contributed by atoms with Crippen molar-refractivity contribution in [2.24, 2.45) is 5.92 Å². The minimum Gasteiger partial charge on any atom is -0.492 e. The highest BCUT2D eigenvalue weighted by atomic mass is 16.5. The van der Waals surface area contributed by atoms with E-state index in [4.69, 9.17) is 4.74 Å². The van der Waals surface area contributed by atoms with Gasteiger partial charge in [0, 0.05) is 18.3 Å².